The predicted octanol–water partition coefficient (Wildman–Crippen LogP) is 1.95. The Hall–Kier alpha value is -3.49. The lowest BCUT2D eigenvalue weighted by Crippen LogP contribution is -2.42. The van der Waals surface area contributed by atoms with E-state index in [-0.39, 0.29) is 6.04 Å². The van der Waals surface area contributed by atoms with Gasteiger partial charge < -0.3 is 20.6 Å². The number of amides is 1. The van der Waals surface area contributed by atoms with Crippen LogP contribution in [0, 0.1) is 0 Å². The van der Waals surface area contributed by atoms with Crippen molar-refractivity contribution in [3.05, 3.63) is 72.4 Å². The van der Waals surface area contributed by atoms with E-state index in [1.807, 2.05) is 60.7 Å². The second kappa shape index (κ2) is 10.2. The van der Waals surface area contributed by atoms with Gasteiger partial charge in [-0.05, 0) is 37.0 Å². The summed E-state index contributed by atoms with van der Waals surface area (Å²) in [6.45, 7) is 0.425. The van der Waals surface area contributed by atoms with Crippen molar-refractivity contribution in [1.82, 2.24) is 15.6 Å². The maximum absolute atomic E-state index is 12.4. The number of aryl methyl sites for hydroxylation is 1. The van der Waals surface area contributed by atoms with Gasteiger partial charge in [-0.2, -0.15) is 0 Å². The van der Waals surface area contributed by atoms with E-state index < -0.39 is 24.0 Å². The number of nitrogens with one attached hydrogen (secondary N) is 3. The maximum atomic E-state index is 12.4. The monoisotopic (exact) mass is 434 g/mol. The quantitative estimate of drug-likeness (QED) is 0.401. The normalized spacial score (nSPS) is 18.8. The van der Waals surface area contributed by atoms with E-state index in [1.54, 1.807) is 6.20 Å². The number of aliphatic hydroxyl groups is 1. The summed E-state index contributed by atoms with van der Waals surface area (Å²) >= 11 is 0. The molecule has 4 N–H and O–H groups in total. The molecule has 4 rings (SSSR count). The Morgan fingerprint density at radius 3 is 2.78 bits per heavy atom. The molecule has 0 radical (unpaired) electrons. The van der Waals surface area contributed by atoms with Gasteiger partial charge in [0.2, 0.25) is 5.91 Å². The van der Waals surface area contributed by atoms with E-state index >= 15 is 0 Å². The molecule has 0 aliphatic carbocycles. The van der Waals surface area contributed by atoms with Crippen LogP contribution in [0.2, 0.25) is 0 Å². The number of pyridine rings is 1. The van der Waals surface area contributed by atoms with Crippen LogP contribution >= 0.6 is 0 Å². The molecule has 32 heavy (non-hydrogen) atoms. The Morgan fingerprint density at radius 1 is 1.16 bits per heavy atom. The number of aliphatic hydroxyl groups excluding tert-OH is 1. The van der Waals surface area contributed by atoms with Crippen LogP contribution in [-0.2, 0) is 20.8 Å². The van der Waals surface area contributed by atoms with E-state index in [0.717, 1.165) is 16.5 Å². The van der Waals surface area contributed by atoms with Crippen molar-refractivity contribution in [3.63, 3.8) is 0 Å². The van der Waals surface area contributed by atoms with Crippen molar-refractivity contribution >= 4 is 28.5 Å². The zero-order valence-corrected chi connectivity index (χ0v) is 17.5. The molecular weight excluding hydrogens is 408 g/mol. The standard InChI is InChI=1S/C24H26N4O4/c29-22(11-10-16-6-2-1-3-7-16)23(30)27-18-13-21(26-14-18)24(31)32-28-19-12-17-8-4-5-9-20(17)25-15-19/h1-9,12,15,18,21-22,26,28-29H,10-11,13-14H2,(H,27,30)/t18?,21-,22+/m0/s1. The lowest BCUT2D eigenvalue weighted by Gasteiger charge is -2.16. The highest BCUT2D eigenvalue weighted by molar-refractivity contribution is 5.83. The summed E-state index contributed by atoms with van der Waals surface area (Å²) in [6, 6.07) is 18.4. The summed E-state index contributed by atoms with van der Waals surface area (Å²) in [5.74, 6) is -0.901. The van der Waals surface area contributed by atoms with Gasteiger partial charge in [0.15, 0.2) is 0 Å². The average Bonchev–Trinajstić information content (AvgIpc) is 3.30. The molecule has 0 spiro atoms. The fourth-order valence-corrected chi connectivity index (χ4v) is 3.71. The summed E-state index contributed by atoms with van der Waals surface area (Å²) in [5, 5.41) is 16.9. The molecule has 1 fully saturated rings. The molecule has 1 amide bonds. The van der Waals surface area contributed by atoms with Crippen molar-refractivity contribution in [2.45, 2.75) is 37.5 Å². The SMILES string of the molecule is O=C(NC1CN[C@H](C(=O)ONc2cnc3ccccc3c2)C1)[C@H](O)CCc1ccccc1. The van der Waals surface area contributed by atoms with Crippen molar-refractivity contribution in [1.29, 1.82) is 0 Å². The van der Waals surface area contributed by atoms with Gasteiger partial charge in [0.1, 0.15) is 12.1 Å². The molecule has 1 saturated heterocycles. The van der Waals surface area contributed by atoms with Crippen LogP contribution in [-0.4, -0.2) is 46.7 Å². The van der Waals surface area contributed by atoms with E-state index in [4.69, 9.17) is 4.84 Å². The van der Waals surface area contributed by atoms with Gasteiger partial charge in [0.25, 0.3) is 0 Å². The van der Waals surface area contributed by atoms with Gasteiger partial charge in [-0.3, -0.25) is 9.78 Å². The third-order valence-electron chi connectivity index (χ3n) is 5.47. The number of hydrogen-bond donors (Lipinski definition) is 4. The molecule has 8 heteroatoms. The first-order chi connectivity index (χ1) is 15.6. The Bertz CT molecular complexity index is 1080. The first-order valence-electron chi connectivity index (χ1n) is 10.7. The maximum Gasteiger partial charge on any atom is 0.348 e. The minimum Gasteiger partial charge on any atom is -0.383 e. The van der Waals surface area contributed by atoms with Crippen molar-refractivity contribution in [2.24, 2.45) is 0 Å². The summed E-state index contributed by atoms with van der Waals surface area (Å²) in [6.07, 6.45) is 1.84. The smallest absolute Gasteiger partial charge is 0.348 e. The van der Waals surface area contributed by atoms with E-state index in [2.05, 4.69) is 21.1 Å². The van der Waals surface area contributed by atoms with Gasteiger partial charge >= 0.3 is 5.97 Å². The zero-order valence-electron chi connectivity index (χ0n) is 17.5. The number of benzene rings is 2. The Labute approximate surface area is 186 Å². The average molecular weight is 434 g/mol. The molecular formula is C24H26N4O4. The van der Waals surface area contributed by atoms with Crippen LogP contribution in [0.3, 0.4) is 0 Å². The minimum atomic E-state index is -1.09. The van der Waals surface area contributed by atoms with Crippen LogP contribution in [0.15, 0.2) is 66.9 Å². The van der Waals surface area contributed by atoms with E-state index in [0.29, 0.717) is 31.5 Å². The number of carbonyl (C=O) groups is 2. The molecule has 1 aliphatic rings. The largest absolute Gasteiger partial charge is 0.383 e. The van der Waals surface area contributed by atoms with Crippen molar-refractivity contribution < 1.29 is 19.5 Å². The number of rotatable bonds is 8. The third kappa shape index (κ3) is 5.60. The highest BCUT2D eigenvalue weighted by Gasteiger charge is 2.32. The summed E-state index contributed by atoms with van der Waals surface area (Å²) in [7, 11) is 0. The lowest BCUT2D eigenvalue weighted by molar-refractivity contribution is -0.142. The van der Waals surface area contributed by atoms with E-state index in [1.165, 1.54) is 0 Å². The fourth-order valence-electron chi connectivity index (χ4n) is 3.71. The van der Waals surface area contributed by atoms with Gasteiger partial charge in [0, 0.05) is 18.0 Å². The summed E-state index contributed by atoms with van der Waals surface area (Å²) in [4.78, 5) is 34.2. The van der Waals surface area contributed by atoms with Crippen LogP contribution in [0.25, 0.3) is 10.9 Å². The predicted molar refractivity (Wildman–Crippen MR) is 121 cm³/mol. The second-order valence-electron chi connectivity index (χ2n) is 7.88. The number of aromatic nitrogens is 1. The molecule has 2 aromatic carbocycles. The highest BCUT2D eigenvalue weighted by atomic mass is 16.7. The second-order valence-corrected chi connectivity index (χ2v) is 7.88. The Morgan fingerprint density at radius 2 is 1.94 bits per heavy atom. The number of para-hydroxylation sites is 1. The summed E-state index contributed by atoms with van der Waals surface area (Å²) in [5.41, 5.74) is 5.13. The van der Waals surface area contributed by atoms with Gasteiger partial charge in [-0.15, -0.1) is 0 Å². The topological polar surface area (TPSA) is 113 Å². The van der Waals surface area contributed by atoms with Crippen LogP contribution < -0.4 is 16.1 Å². The van der Waals surface area contributed by atoms with Crippen LogP contribution in [0.5, 0.6) is 0 Å². The van der Waals surface area contributed by atoms with Gasteiger partial charge in [-0.25, -0.2) is 10.3 Å². The minimum absolute atomic E-state index is 0.256. The number of carbonyl (C=O) groups excluding carboxylic acids is 2. The number of anilines is 1. The third-order valence-corrected chi connectivity index (χ3v) is 5.47. The number of nitrogens with zero attached hydrogens (tertiary/aromatic N) is 1. The zero-order chi connectivity index (χ0) is 22.3. The Kier molecular flexibility index (Phi) is 6.94. The van der Waals surface area contributed by atoms with Crippen LogP contribution in [0.4, 0.5) is 5.69 Å². The molecule has 1 aliphatic heterocycles. The molecule has 1 unspecified atom stereocenters. The molecule has 166 valence electrons. The molecule has 0 saturated carbocycles. The summed E-state index contributed by atoms with van der Waals surface area (Å²) < 4.78 is 0. The first-order valence-corrected chi connectivity index (χ1v) is 10.7. The van der Waals surface area contributed by atoms with Crippen LogP contribution in [0.1, 0.15) is 18.4 Å². The molecule has 1 aromatic heterocycles. The number of fused-ring (bicyclic) bond motifs is 1. The van der Waals surface area contributed by atoms with Crippen molar-refractivity contribution in [3.8, 4) is 0 Å². The fraction of sp³-hybridized carbons (Fsp3) is 0.292. The molecule has 2 heterocycles. The van der Waals surface area contributed by atoms with Crippen molar-refractivity contribution in [2.75, 3.05) is 12.0 Å². The number of hydrogen-bond acceptors (Lipinski definition) is 7. The van der Waals surface area contributed by atoms with Gasteiger partial charge in [0.05, 0.1) is 17.4 Å². The molecule has 3 aromatic rings. The Balaban J connectivity index is 1.21. The lowest BCUT2D eigenvalue weighted by atomic mass is 10.1. The molecule has 3 atom stereocenters. The van der Waals surface area contributed by atoms with E-state index in [9.17, 15) is 14.7 Å². The van der Waals surface area contributed by atoms with Gasteiger partial charge in [-0.1, -0.05) is 48.5 Å². The first kappa shape index (κ1) is 21.7. The highest BCUT2D eigenvalue weighted by Crippen LogP contribution is 2.17. The molecule has 0 bridgehead atoms. The molecule has 8 nitrogen and oxygen atoms in total.